The number of amides is 3. The molecule has 0 bridgehead atoms. The number of hydroxylamine groups is 1. The molecule has 0 saturated heterocycles. The quantitative estimate of drug-likeness (QED) is 0.591. The molecule has 0 saturated carbocycles. The third-order valence-corrected chi connectivity index (χ3v) is 4.27. The van der Waals surface area contributed by atoms with Crippen molar-refractivity contribution in [3.8, 4) is 0 Å². The van der Waals surface area contributed by atoms with E-state index in [9.17, 15) is 14.4 Å². The molecule has 28 heavy (non-hydrogen) atoms. The summed E-state index contributed by atoms with van der Waals surface area (Å²) in [4.78, 5) is 39.7. The highest BCUT2D eigenvalue weighted by Gasteiger charge is 2.21. The first kappa shape index (κ1) is 21.1. The van der Waals surface area contributed by atoms with E-state index in [-0.39, 0.29) is 24.9 Å². The second-order valence-corrected chi connectivity index (χ2v) is 6.96. The third kappa shape index (κ3) is 5.40. The molecule has 0 aliphatic rings. The standard InChI is InChI=1S/C21H25N3O4/c1-14-9-15(2)11-18(10-14)21(27)24(13-19(25)23(3)4)12-16-5-7-17(8-6-16)20(26)22-28/h5-11,28H,12-13H2,1-4H3,(H,22,26). The van der Waals surface area contributed by atoms with Crippen molar-refractivity contribution < 1.29 is 19.6 Å². The molecule has 7 heteroatoms. The monoisotopic (exact) mass is 383 g/mol. The highest BCUT2D eigenvalue weighted by Crippen LogP contribution is 2.15. The van der Waals surface area contributed by atoms with Crippen LogP contribution in [0.5, 0.6) is 0 Å². The third-order valence-electron chi connectivity index (χ3n) is 4.27. The fourth-order valence-electron chi connectivity index (χ4n) is 2.83. The molecule has 0 radical (unpaired) electrons. The van der Waals surface area contributed by atoms with Gasteiger partial charge in [0.25, 0.3) is 11.8 Å². The average Bonchev–Trinajstić information content (AvgIpc) is 2.65. The second-order valence-electron chi connectivity index (χ2n) is 6.96. The van der Waals surface area contributed by atoms with Gasteiger partial charge in [-0.2, -0.15) is 0 Å². The topological polar surface area (TPSA) is 90.0 Å². The number of aryl methyl sites for hydroxylation is 2. The van der Waals surface area contributed by atoms with E-state index in [1.165, 1.54) is 9.80 Å². The molecule has 0 aliphatic carbocycles. The van der Waals surface area contributed by atoms with Crippen LogP contribution in [0.25, 0.3) is 0 Å². The highest BCUT2D eigenvalue weighted by molar-refractivity contribution is 5.97. The second kappa shape index (κ2) is 9.14. The van der Waals surface area contributed by atoms with Gasteiger partial charge >= 0.3 is 0 Å². The van der Waals surface area contributed by atoms with Gasteiger partial charge in [0, 0.05) is 31.8 Å². The summed E-state index contributed by atoms with van der Waals surface area (Å²) >= 11 is 0. The minimum Gasteiger partial charge on any atom is -0.347 e. The maximum absolute atomic E-state index is 13.1. The maximum atomic E-state index is 13.1. The molecule has 0 aliphatic heterocycles. The van der Waals surface area contributed by atoms with Gasteiger partial charge in [0.2, 0.25) is 5.91 Å². The Morgan fingerprint density at radius 3 is 2.00 bits per heavy atom. The Balaban J connectivity index is 2.29. The van der Waals surface area contributed by atoms with Crippen LogP contribution in [0.3, 0.4) is 0 Å². The molecular formula is C21H25N3O4. The summed E-state index contributed by atoms with van der Waals surface area (Å²) in [6.45, 7) is 4.00. The molecule has 7 nitrogen and oxygen atoms in total. The number of carbonyl (C=O) groups is 3. The molecule has 2 rings (SSSR count). The predicted molar refractivity (Wildman–Crippen MR) is 105 cm³/mol. The molecule has 0 heterocycles. The van der Waals surface area contributed by atoms with Crippen molar-refractivity contribution in [2.24, 2.45) is 0 Å². The van der Waals surface area contributed by atoms with Crippen LogP contribution in [0.4, 0.5) is 0 Å². The largest absolute Gasteiger partial charge is 0.347 e. The molecular weight excluding hydrogens is 358 g/mol. The maximum Gasteiger partial charge on any atom is 0.274 e. The summed E-state index contributed by atoms with van der Waals surface area (Å²) in [5.74, 6) is -1.04. The Morgan fingerprint density at radius 1 is 0.929 bits per heavy atom. The van der Waals surface area contributed by atoms with E-state index in [0.29, 0.717) is 11.1 Å². The van der Waals surface area contributed by atoms with Crippen molar-refractivity contribution in [3.63, 3.8) is 0 Å². The Labute approximate surface area is 164 Å². The Morgan fingerprint density at radius 2 is 1.50 bits per heavy atom. The fourth-order valence-corrected chi connectivity index (χ4v) is 2.83. The van der Waals surface area contributed by atoms with Crippen molar-refractivity contribution in [1.82, 2.24) is 15.3 Å². The molecule has 2 aromatic rings. The zero-order valence-electron chi connectivity index (χ0n) is 16.5. The first-order valence-corrected chi connectivity index (χ1v) is 8.82. The van der Waals surface area contributed by atoms with Crippen LogP contribution in [0.15, 0.2) is 42.5 Å². The van der Waals surface area contributed by atoms with Crippen LogP contribution in [0, 0.1) is 13.8 Å². The zero-order chi connectivity index (χ0) is 20.8. The number of benzene rings is 2. The molecule has 0 atom stereocenters. The van der Waals surface area contributed by atoms with Crippen molar-refractivity contribution in [1.29, 1.82) is 0 Å². The molecule has 0 spiro atoms. The van der Waals surface area contributed by atoms with Crippen LogP contribution in [0.1, 0.15) is 37.4 Å². The van der Waals surface area contributed by atoms with Crippen LogP contribution in [-0.2, 0) is 11.3 Å². The van der Waals surface area contributed by atoms with Crippen molar-refractivity contribution in [2.75, 3.05) is 20.6 Å². The van der Waals surface area contributed by atoms with Crippen molar-refractivity contribution >= 4 is 17.7 Å². The van der Waals surface area contributed by atoms with Gasteiger partial charge < -0.3 is 9.80 Å². The van der Waals surface area contributed by atoms with Crippen LogP contribution >= 0.6 is 0 Å². The molecule has 2 N–H and O–H groups in total. The van der Waals surface area contributed by atoms with E-state index >= 15 is 0 Å². The van der Waals surface area contributed by atoms with E-state index in [0.717, 1.165) is 16.7 Å². The zero-order valence-corrected chi connectivity index (χ0v) is 16.5. The molecule has 0 unspecified atom stereocenters. The Hall–Kier alpha value is -3.19. The molecule has 148 valence electrons. The highest BCUT2D eigenvalue weighted by atomic mass is 16.5. The van der Waals surface area contributed by atoms with Crippen LogP contribution in [-0.4, -0.2) is 53.4 Å². The van der Waals surface area contributed by atoms with Gasteiger partial charge in [-0.3, -0.25) is 19.6 Å². The molecule has 3 amide bonds. The van der Waals surface area contributed by atoms with Gasteiger partial charge in [0.15, 0.2) is 0 Å². The lowest BCUT2D eigenvalue weighted by molar-refractivity contribution is -0.129. The predicted octanol–water partition coefficient (Wildman–Crippen LogP) is 2.15. The molecule has 0 fully saturated rings. The number of rotatable bonds is 6. The smallest absolute Gasteiger partial charge is 0.274 e. The van der Waals surface area contributed by atoms with E-state index in [2.05, 4.69) is 0 Å². The summed E-state index contributed by atoms with van der Waals surface area (Å²) in [5, 5.41) is 8.70. The van der Waals surface area contributed by atoms with Crippen molar-refractivity contribution in [3.05, 3.63) is 70.3 Å². The Kier molecular flexibility index (Phi) is 6.89. The summed E-state index contributed by atoms with van der Waals surface area (Å²) in [7, 11) is 3.29. The fraction of sp³-hybridized carbons (Fsp3) is 0.286. The molecule has 2 aromatic carbocycles. The van der Waals surface area contributed by atoms with Crippen molar-refractivity contribution in [2.45, 2.75) is 20.4 Å². The first-order valence-electron chi connectivity index (χ1n) is 8.82. The van der Waals surface area contributed by atoms with Gasteiger partial charge in [0.1, 0.15) is 6.54 Å². The van der Waals surface area contributed by atoms with Crippen LogP contribution < -0.4 is 5.48 Å². The van der Waals surface area contributed by atoms with Crippen LogP contribution in [0.2, 0.25) is 0 Å². The summed E-state index contributed by atoms with van der Waals surface area (Å²) in [6, 6.07) is 12.1. The summed E-state index contributed by atoms with van der Waals surface area (Å²) < 4.78 is 0. The lowest BCUT2D eigenvalue weighted by atomic mass is 10.1. The normalized spacial score (nSPS) is 10.3. The van der Waals surface area contributed by atoms with Gasteiger partial charge in [-0.1, -0.05) is 29.3 Å². The number of carbonyl (C=O) groups excluding carboxylic acids is 3. The van der Waals surface area contributed by atoms with Gasteiger partial charge in [-0.05, 0) is 43.7 Å². The van der Waals surface area contributed by atoms with E-state index < -0.39 is 5.91 Å². The van der Waals surface area contributed by atoms with Gasteiger partial charge in [-0.25, -0.2) is 5.48 Å². The van der Waals surface area contributed by atoms with Gasteiger partial charge in [0.05, 0.1) is 0 Å². The summed E-state index contributed by atoms with van der Waals surface area (Å²) in [5.41, 5.74) is 5.11. The SMILES string of the molecule is Cc1cc(C)cc(C(=O)N(CC(=O)N(C)C)Cc2ccc(C(=O)NO)cc2)c1. The number of hydrogen-bond acceptors (Lipinski definition) is 4. The summed E-state index contributed by atoms with van der Waals surface area (Å²) in [6.07, 6.45) is 0. The number of nitrogens with zero attached hydrogens (tertiary/aromatic N) is 2. The lowest BCUT2D eigenvalue weighted by Crippen LogP contribution is -2.40. The van der Waals surface area contributed by atoms with E-state index in [4.69, 9.17) is 5.21 Å². The minimum atomic E-state index is -0.613. The minimum absolute atomic E-state index is 0.0578. The van der Waals surface area contributed by atoms with Gasteiger partial charge in [-0.15, -0.1) is 0 Å². The lowest BCUT2D eigenvalue weighted by Gasteiger charge is -2.24. The van der Waals surface area contributed by atoms with E-state index in [1.54, 1.807) is 56.0 Å². The van der Waals surface area contributed by atoms with E-state index in [1.807, 2.05) is 19.9 Å². The number of nitrogens with one attached hydrogen (secondary N) is 1. The Bertz CT molecular complexity index is 855. The first-order chi connectivity index (χ1) is 13.2. The average molecular weight is 383 g/mol. The number of hydrogen-bond donors (Lipinski definition) is 2. The molecule has 0 aromatic heterocycles. The number of likely N-dealkylation sites (N-methyl/N-ethyl adjacent to an activating group) is 1.